The molecule has 0 amide bonds. The molecule has 13 rings (SSSR count). The first-order chi connectivity index (χ1) is 39.2. The summed E-state index contributed by atoms with van der Waals surface area (Å²) in [6, 6.07) is 82.0. The molecule has 11 aromatic carbocycles. The lowest BCUT2D eigenvalue weighted by molar-refractivity contribution is 0.506. The van der Waals surface area contributed by atoms with Crippen molar-refractivity contribution in [3.05, 3.63) is 249 Å². The van der Waals surface area contributed by atoms with E-state index in [-0.39, 0.29) is 16.2 Å². The molecule has 0 spiro atoms. The molecule has 81 heavy (non-hydrogen) atoms. The average molecular weight is 1180 g/mol. The van der Waals surface area contributed by atoms with E-state index in [9.17, 15) is 0 Å². The van der Waals surface area contributed by atoms with Gasteiger partial charge >= 0.3 is 0 Å². The van der Waals surface area contributed by atoms with Gasteiger partial charge in [0.1, 0.15) is 0 Å². The fourth-order valence-electron chi connectivity index (χ4n) is 13.9. The number of benzene rings is 11. The van der Waals surface area contributed by atoms with Gasteiger partial charge in [-0.25, -0.2) is 0 Å². The Hall–Kier alpha value is -7.10. The van der Waals surface area contributed by atoms with E-state index in [0.717, 1.165) is 21.8 Å². The first-order valence-electron chi connectivity index (χ1n) is 29.5. The van der Waals surface area contributed by atoms with Crippen LogP contribution in [0.3, 0.4) is 0 Å². The maximum absolute atomic E-state index is 3.99. The van der Waals surface area contributed by atoms with Crippen LogP contribution in [-0.2, 0) is 16.2 Å². The van der Waals surface area contributed by atoms with Gasteiger partial charge in [0.25, 0.3) is 0 Å². The van der Waals surface area contributed by atoms with Crippen molar-refractivity contribution < 1.29 is 0 Å². The van der Waals surface area contributed by atoms with Gasteiger partial charge in [0.05, 0.1) is 0 Å². The van der Waals surface area contributed by atoms with Crippen molar-refractivity contribution in [2.45, 2.75) is 110 Å². The standard InChI is InChI=1S/C79H70Br2/c1-8-9-10-11-12-19-43-79(70-48-60(80)36-39-63(70)64-40-37-61(81)49-71(64)79)59-35-38-66-69(47-59)73(53-23-17-14-18-24-53)75-67-26-20-25-65-62(41-42-68(74(65)67)76(75)72(66)52-21-15-13-16-22-52)56-45-54(50-27-31-57(32-28-50)77(2,3)4)44-55(46-56)51-29-33-58(34-30-51)78(5,6)7/h13-18,20-42,44-49H,8-12,19,43H2,1-7H3. The van der Waals surface area contributed by atoms with Gasteiger partial charge in [-0.15, -0.1) is 0 Å². The van der Waals surface area contributed by atoms with E-state index in [1.54, 1.807) is 0 Å². The van der Waals surface area contributed by atoms with Gasteiger partial charge in [0.2, 0.25) is 0 Å². The number of rotatable bonds is 13. The van der Waals surface area contributed by atoms with E-state index < -0.39 is 0 Å². The summed E-state index contributed by atoms with van der Waals surface area (Å²) in [5.41, 5.74) is 26.9. The Balaban J connectivity index is 1.07. The average Bonchev–Trinajstić information content (AvgIpc) is 4.19. The zero-order valence-electron chi connectivity index (χ0n) is 47.9. The van der Waals surface area contributed by atoms with Gasteiger partial charge in [0.15, 0.2) is 0 Å². The molecule has 0 nitrogen and oxygen atoms in total. The van der Waals surface area contributed by atoms with Crippen LogP contribution in [0, 0.1) is 0 Å². The van der Waals surface area contributed by atoms with E-state index in [0.29, 0.717) is 0 Å². The third-order valence-electron chi connectivity index (χ3n) is 18.0. The Kier molecular flexibility index (Phi) is 13.8. The molecule has 0 bridgehead atoms. The number of fused-ring (bicyclic) bond motifs is 7. The highest BCUT2D eigenvalue weighted by molar-refractivity contribution is 9.10. The number of halogens is 2. The van der Waals surface area contributed by atoms with Crippen LogP contribution >= 0.6 is 31.9 Å². The predicted molar refractivity (Wildman–Crippen MR) is 356 cm³/mol. The van der Waals surface area contributed by atoms with Crippen molar-refractivity contribution in [2.24, 2.45) is 0 Å². The Morgan fingerprint density at radius 3 is 1.36 bits per heavy atom. The molecule has 2 aliphatic rings. The quantitative estimate of drug-likeness (QED) is 0.101. The Morgan fingerprint density at radius 1 is 0.333 bits per heavy atom. The van der Waals surface area contributed by atoms with Crippen LogP contribution in [0.25, 0.3) is 111 Å². The SMILES string of the molecule is CCCCCCCCC1(c2ccc3c(-c4ccccc4)c4c(c(-c5ccccc5)c3c2)-c2cccc3c(-c5cc(-c6ccc(C(C)(C)C)cc6)cc(-c6ccc(C(C)(C)C)cc6)c5)ccc-4c23)c2cc(Br)ccc2-c2ccc(Br)cc21. The minimum Gasteiger partial charge on any atom is -0.0654 e. The number of hydrogen-bond donors (Lipinski definition) is 0. The molecule has 2 aliphatic carbocycles. The highest BCUT2D eigenvalue weighted by Gasteiger charge is 2.45. The molecule has 0 saturated carbocycles. The van der Waals surface area contributed by atoms with E-state index >= 15 is 0 Å². The number of hydrogen-bond acceptors (Lipinski definition) is 0. The second-order valence-electron chi connectivity index (χ2n) is 25.1. The monoisotopic (exact) mass is 1180 g/mol. The Bertz CT molecular complexity index is 4080. The van der Waals surface area contributed by atoms with Crippen molar-refractivity contribution >= 4 is 53.4 Å². The van der Waals surface area contributed by atoms with Gasteiger partial charge in [-0.05, 0) is 204 Å². The van der Waals surface area contributed by atoms with Crippen molar-refractivity contribution in [3.63, 3.8) is 0 Å². The molecule has 0 aliphatic heterocycles. The predicted octanol–water partition coefficient (Wildman–Crippen LogP) is 24.2. The summed E-state index contributed by atoms with van der Waals surface area (Å²) in [4.78, 5) is 0. The topological polar surface area (TPSA) is 0 Å². The van der Waals surface area contributed by atoms with Gasteiger partial charge in [0, 0.05) is 14.4 Å². The summed E-state index contributed by atoms with van der Waals surface area (Å²) >= 11 is 7.99. The fourth-order valence-corrected chi connectivity index (χ4v) is 14.6. The molecule has 2 heteroatoms. The van der Waals surface area contributed by atoms with Crippen molar-refractivity contribution in [3.8, 4) is 89.0 Å². The van der Waals surface area contributed by atoms with E-state index in [4.69, 9.17) is 0 Å². The van der Waals surface area contributed by atoms with E-state index in [1.165, 1.54) is 170 Å². The minimum atomic E-state index is -0.369. The summed E-state index contributed by atoms with van der Waals surface area (Å²) in [5, 5.41) is 5.15. The van der Waals surface area contributed by atoms with Crippen molar-refractivity contribution in [1.29, 1.82) is 0 Å². The molecule has 0 radical (unpaired) electrons. The zero-order valence-corrected chi connectivity index (χ0v) is 51.1. The highest BCUT2D eigenvalue weighted by Crippen LogP contribution is 2.61. The van der Waals surface area contributed by atoms with Crippen molar-refractivity contribution in [2.75, 3.05) is 0 Å². The minimum absolute atomic E-state index is 0.0660. The third-order valence-corrected chi connectivity index (χ3v) is 19.0. The third kappa shape index (κ3) is 9.36. The molecule has 0 atom stereocenters. The maximum atomic E-state index is 3.99. The molecule has 0 fully saturated rings. The fraction of sp³-hybridized carbons (Fsp3) is 0.215. The molecular formula is C79H70Br2. The second-order valence-corrected chi connectivity index (χ2v) is 27.0. The van der Waals surface area contributed by atoms with Crippen LogP contribution in [-0.4, -0.2) is 0 Å². The van der Waals surface area contributed by atoms with Crippen LogP contribution in [0.5, 0.6) is 0 Å². The van der Waals surface area contributed by atoms with Gasteiger partial charge < -0.3 is 0 Å². The molecule has 0 aromatic heterocycles. The first-order valence-corrected chi connectivity index (χ1v) is 31.1. The summed E-state index contributed by atoms with van der Waals surface area (Å²) in [6.07, 6.45) is 8.48. The summed E-state index contributed by atoms with van der Waals surface area (Å²) in [5.74, 6) is 0. The van der Waals surface area contributed by atoms with Crippen LogP contribution in [0.15, 0.2) is 221 Å². The molecule has 0 saturated heterocycles. The lowest BCUT2D eigenvalue weighted by Gasteiger charge is -2.34. The Morgan fingerprint density at radius 2 is 0.815 bits per heavy atom. The Labute approximate surface area is 497 Å². The van der Waals surface area contributed by atoms with E-state index in [1.807, 2.05) is 0 Å². The summed E-state index contributed by atoms with van der Waals surface area (Å²) in [6.45, 7) is 16.1. The van der Waals surface area contributed by atoms with E-state index in [2.05, 4.69) is 293 Å². The molecule has 11 aromatic rings. The lowest BCUT2D eigenvalue weighted by atomic mass is 9.68. The zero-order chi connectivity index (χ0) is 55.8. The van der Waals surface area contributed by atoms with Crippen LogP contribution in [0.1, 0.15) is 121 Å². The molecule has 0 N–H and O–H groups in total. The maximum Gasteiger partial charge on any atom is 0.0464 e. The van der Waals surface area contributed by atoms with Gasteiger partial charge in [-0.1, -0.05) is 283 Å². The normalized spacial score (nSPS) is 13.2. The van der Waals surface area contributed by atoms with Gasteiger partial charge in [-0.2, -0.15) is 0 Å². The first kappa shape index (κ1) is 53.2. The second kappa shape index (κ2) is 21.0. The molecular weight excluding hydrogens is 1110 g/mol. The lowest BCUT2D eigenvalue weighted by Crippen LogP contribution is -2.27. The van der Waals surface area contributed by atoms with Gasteiger partial charge in [-0.3, -0.25) is 0 Å². The molecule has 400 valence electrons. The molecule has 0 heterocycles. The molecule has 0 unspecified atom stereocenters. The van der Waals surface area contributed by atoms with Crippen LogP contribution < -0.4 is 0 Å². The van der Waals surface area contributed by atoms with Crippen LogP contribution in [0.4, 0.5) is 0 Å². The summed E-state index contributed by atoms with van der Waals surface area (Å²) in [7, 11) is 0. The largest absolute Gasteiger partial charge is 0.0654 e. The van der Waals surface area contributed by atoms with Crippen LogP contribution in [0.2, 0.25) is 0 Å². The number of unbranched alkanes of at least 4 members (excludes halogenated alkanes) is 5. The smallest absolute Gasteiger partial charge is 0.0464 e. The highest BCUT2D eigenvalue weighted by atomic mass is 79.9. The van der Waals surface area contributed by atoms with Crippen molar-refractivity contribution in [1.82, 2.24) is 0 Å². The summed E-state index contributed by atoms with van der Waals surface area (Å²) < 4.78 is 2.24.